The number of imide groups is 1. The van der Waals surface area contributed by atoms with Gasteiger partial charge < -0.3 is 9.84 Å². The van der Waals surface area contributed by atoms with E-state index in [1.807, 2.05) is 0 Å². The molecule has 0 aromatic carbocycles. The highest BCUT2D eigenvalue weighted by Crippen LogP contribution is 2.25. The van der Waals surface area contributed by atoms with Crippen molar-refractivity contribution in [3.8, 4) is 0 Å². The number of hydrogen-bond donors (Lipinski definition) is 1. The maximum atomic E-state index is 10.9. The summed E-state index contributed by atoms with van der Waals surface area (Å²) in [6.07, 6.45) is 1.84. The van der Waals surface area contributed by atoms with Crippen molar-refractivity contribution in [1.29, 1.82) is 0 Å². The average Bonchev–Trinajstić information content (AvgIpc) is 2.89. The summed E-state index contributed by atoms with van der Waals surface area (Å²) in [6, 6.07) is 0.103. The molecule has 1 N–H and O–H groups in total. The molecule has 0 radical (unpaired) electrons. The SMILES string of the molecule is CC(=O)O.CCOC(=O)N(C=O)C1CC1. The van der Waals surface area contributed by atoms with E-state index in [2.05, 4.69) is 4.74 Å². The molecule has 1 saturated carbocycles. The normalized spacial score (nSPS) is 13.2. The maximum Gasteiger partial charge on any atom is 0.416 e. The first-order valence-corrected chi connectivity index (χ1v) is 4.62. The number of ether oxygens (including phenoxy) is 1. The first-order chi connectivity index (χ1) is 7.02. The van der Waals surface area contributed by atoms with E-state index >= 15 is 0 Å². The molecule has 15 heavy (non-hydrogen) atoms. The van der Waals surface area contributed by atoms with Crippen LogP contribution in [0.25, 0.3) is 0 Å². The molecular formula is C9H15NO5. The maximum absolute atomic E-state index is 10.9. The zero-order valence-corrected chi connectivity index (χ0v) is 8.80. The van der Waals surface area contributed by atoms with Crippen molar-refractivity contribution >= 4 is 18.5 Å². The molecule has 0 heterocycles. The number of carbonyl (C=O) groups excluding carboxylic acids is 2. The summed E-state index contributed by atoms with van der Waals surface area (Å²) in [5, 5.41) is 7.42. The van der Waals surface area contributed by atoms with E-state index in [4.69, 9.17) is 9.90 Å². The Labute approximate surface area is 87.8 Å². The highest BCUT2D eigenvalue weighted by atomic mass is 16.6. The van der Waals surface area contributed by atoms with Crippen LogP contribution in [-0.2, 0) is 14.3 Å². The van der Waals surface area contributed by atoms with Crippen molar-refractivity contribution in [3.05, 3.63) is 0 Å². The van der Waals surface area contributed by atoms with Gasteiger partial charge in [0.1, 0.15) is 0 Å². The van der Waals surface area contributed by atoms with Crippen LogP contribution in [0, 0.1) is 0 Å². The monoisotopic (exact) mass is 217 g/mol. The summed E-state index contributed by atoms with van der Waals surface area (Å²) in [7, 11) is 0. The average molecular weight is 217 g/mol. The fourth-order valence-corrected chi connectivity index (χ4v) is 0.829. The molecule has 0 aromatic rings. The molecule has 0 bridgehead atoms. The quantitative estimate of drug-likeness (QED) is 0.708. The standard InChI is InChI=1S/C7H11NO3.C2H4O2/c1-2-11-7(10)8(5-9)6-3-4-6;1-2(3)4/h5-6H,2-4H2,1H3;1H3,(H,3,4). The van der Waals surface area contributed by atoms with Crippen molar-refractivity contribution in [2.75, 3.05) is 6.61 Å². The predicted molar refractivity (Wildman–Crippen MR) is 51.3 cm³/mol. The number of carbonyl (C=O) groups is 3. The molecule has 0 atom stereocenters. The van der Waals surface area contributed by atoms with Gasteiger partial charge in [-0.25, -0.2) is 9.69 Å². The van der Waals surface area contributed by atoms with Crippen LogP contribution in [0.4, 0.5) is 4.79 Å². The fraction of sp³-hybridized carbons (Fsp3) is 0.667. The van der Waals surface area contributed by atoms with Crippen LogP contribution in [0.1, 0.15) is 26.7 Å². The third-order valence-electron chi connectivity index (χ3n) is 1.53. The molecule has 86 valence electrons. The van der Waals surface area contributed by atoms with E-state index in [0.717, 1.165) is 24.7 Å². The Kier molecular flexibility index (Phi) is 6.08. The lowest BCUT2D eigenvalue weighted by atomic mass is 10.6. The lowest BCUT2D eigenvalue weighted by Gasteiger charge is -2.12. The minimum absolute atomic E-state index is 0.103. The van der Waals surface area contributed by atoms with Gasteiger partial charge in [0.2, 0.25) is 6.41 Å². The highest BCUT2D eigenvalue weighted by Gasteiger charge is 2.33. The van der Waals surface area contributed by atoms with Crippen LogP contribution < -0.4 is 0 Å². The largest absolute Gasteiger partial charge is 0.481 e. The minimum atomic E-state index is -0.833. The Balaban J connectivity index is 0.000000423. The Morgan fingerprint density at radius 3 is 2.27 bits per heavy atom. The molecule has 0 unspecified atom stereocenters. The molecule has 2 amide bonds. The molecule has 1 aliphatic carbocycles. The topological polar surface area (TPSA) is 83.9 Å². The lowest BCUT2D eigenvalue weighted by molar-refractivity contribution is -0.134. The van der Waals surface area contributed by atoms with E-state index in [-0.39, 0.29) is 6.04 Å². The molecule has 0 aromatic heterocycles. The van der Waals surface area contributed by atoms with E-state index in [1.54, 1.807) is 6.92 Å². The zero-order valence-electron chi connectivity index (χ0n) is 8.80. The number of carboxylic acids is 1. The van der Waals surface area contributed by atoms with Gasteiger partial charge in [-0.15, -0.1) is 0 Å². The highest BCUT2D eigenvalue weighted by molar-refractivity contribution is 5.81. The second-order valence-corrected chi connectivity index (χ2v) is 2.96. The van der Waals surface area contributed by atoms with Crippen molar-refractivity contribution in [2.45, 2.75) is 32.7 Å². The van der Waals surface area contributed by atoms with Gasteiger partial charge in [-0.1, -0.05) is 0 Å². The van der Waals surface area contributed by atoms with Gasteiger partial charge in [-0.2, -0.15) is 0 Å². The second kappa shape index (κ2) is 6.80. The van der Waals surface area contributed by atoms with Crippen LogP contribution >= 0.6 is 0 Å². The van der Waals surface area contributed by atoms with Crippen molar-refractivity contribution in [3.63, 3.8) is 0 Å². The molecule has 6 nitrogen and oxygen atoms in total. The molecule has 1 fully saturated rings. The third-order valence-corrected chi connectivity index (χ3v) is 1.53. The number of rotatable bonds is 3. The van der Waals surface area contributed by atoms with Crippen LogP contribution in [0.5, 0.6) is 0 Å². The Morgan fingerprint density at radius 2 is 2.00 bits per heavy atom. The molecule has 0 aliphatic heterocycles. The van der Waals surface area contributed by atoms with Gasteiger partial charge in [0.05, 0.1) is 6.61 Å². The summed E-state index contributed by atoms with van der Waals surface area (Å²) < 4.78 is 4.65. The Morgan fingerprint density at radius 1 is 1.53 bits per heavy atom. The van der Waals surface area contributed by atoms with Crippen molar-refractivity contribution in [2.24, 2.45) is 0 Å². The van der Waals surface area contributed by atoms with Gasteiger partial charge >= 0.3 is 6.09 Å². The smallest absolute Gasteiger partial charge is 0.416 e. The van der Waals surface area contributed by atoms with E-state index in [9.17, 15) is 9.59 Å². The third kappa shape index (κ3) is 6.48. The summed E-state index contributed by atoms with van der Waals surface area (Å²) in [5.74, 6) is -0.833. The van der Waals surface area contributed by atoms with E-state index < -0.39 is 12.1 Å². The van der Waals surface area contributed by atoms with Gasteiger partial charge in [0, 0.05) is 13.0 Å². The zero-order chi connectivity index (χ0) is 11.8. The van der Waals surface area contributed by atoms with E-state index in [0.29, 0.717) is 13.0 Å². The molecule has 0 spiro atoms. The van der Waals surface area contributed by atoms with Crippen LogP contribution in [0.2, 0.25) is 0 Å². The van der Waals surface area contributed by atoms with Crippen molar-refractivity contribution < 1.29 is 24.2 Å². The number of hydrogen-bond acceptors (Lipinski definition) is 4. The number of aliphatic carboxylic acids is 1. The lowest BCUT2D eigenvalue weighted by Crippen LogP contribution is -2.32. The summed E-state index contributed by atoms with van der Waals surface area (Å²) >= 11 is 0. The fourth-order valence-electron chi connectivity index (χ4n) is 0.829. The van der Waals surface area contributed by atoms with Gasteiger partial charge in [-0.3, -0.25) is 9.59 Å². The van der Waals surface area contributed by atoms with Gasteiger partial charge in [0.25, 0.3) is 5.97 Å². The predicted octanol–water partition coefficient (Wildman–Crippen LogP) is 0.855. The Hall–Kier alpha value is -1.59. The molecule has 6 heteroatoms. The second-order valence-electron chi connectivity index (χ2n) is 2.96. The van der Waals surface area contributed by atoms with Gasteiger partial charge in [0.15, 0.2) is 0 Å². The summed E-state index contributed by atoms with van der Waals surface area (Å²) in [5.41, 5.74) is 0. The molecular weight excluding hydrogens is 202 g/mol. The van der Waals surface area contributed by atoms with Crippen LogP contribution in [0.3, 0.4) is 0 Å². The van der Waals surface area contributed by atoms with Crippen LogP contribution in [-0.4, -0.2) is 41.1 Å². The summed E-state index contributed by atoms with van der Waals surface area (Å²) in [4.78, 5) is 31.4. The number of carboxylic acid groups (broad SMARTS) is 1. The number of amides is 2. The Bertz CT molecular complexity index is 233. The first kappa shape index (κ1) is 13.4. The van der Waals surface area contributed by atoms with Crippen LogP contribution in [0.15, 0.2) is 0 Å². The molecule has 1 aliphatic rings. The number of nitrogens with zero attached hydrogens (tertiary/aromatic N) is 1. The first-order valence-electron chi connectivity index (χ1n) is 4.62. The van der Waals surface area contributed by atoms with Gasteiger partial charge in [-0.05, 0) is 19.8 Å². The molecule has 1 rings (SSSR count). The summed E-state index contributed by atoms with van der Waals surface area (Å²) in [6.45, 7) is 3.11. The van der Waals surface area contributed by atoms with E-state index in [1.165, 1.54) is 0 Å². The molecule has 0 saturated heterocycles. The minimum Gasteiger partial charge on any atom is -0.481 e. The van der Waals surface area contributed by atoms with Crippen molar-refractivity contribution in [1.82, 2.24) is 4.90 Å².